The van der Waals surface area contributed by atoms with Crippen LogP contribution in [-0.2, 0) is 4.74 Å². The monoisotopic (exact) mass is 344 g/mol. The fourth-order valence-corrected chi connectivity index (χ4v) is 2.13. The van der Waals surface area contributed by atoms with Gasteiger partial charge in [-0.2, -0.15) is 0 Å². The van der Waals surface area contributed by atoms with E-state index in [9.17, 15) is 4.79 Å². The van der Waals surface area contributed by atoms with Crippen LogP contribution in [0.3, 0.4) is 0 Å². The van der Waals surface area contributed by atoms with Crippen LogP contribution in [0, 0.1) is 0 Å². The van der Waals surface area contributed by atoms with Crippen LogP contribution in [0.1, 0.15) is 17.3 Å². The van der Waals surface area contributed by atoms with E-state index in [1.165, 1.54) is 0 Å². The molecule has 2 rings (SSSR count). The van der Waals surface area contributed by atoms with Crippen LogP contribution < -0.4 is 15.4 Å². The van der Waals surface area contributed by atoms with Gasteiger partial charge in [0.25, 0.3) is 5.91 Å². The zero-order valence-corrected chi connectivity index (χ0v) is 14.3. The van der Waals surface area contributed by atoms with Crippen LogP contribution in [0.2, 0.25) is 0 Å². The number of carbonyl (C=O) groups is 1. The number of benzene rings is 2. The Hall–Kier alpha value is -2.44. The molecular formula is C18H20N2O3S. The standard InChI is InChI=1S/C18H20N2O3S/c1-2-22-12-13-23-16-10-8-15(9-11-16)19-18(24)20-17(21)14-6-4-3-5-7-14/h3-11H,2,12-13H2,1H3,(H2,19,20,21,24). The lowest BCUT2D eigenvalue weighted by molar-refractivity contribution is 0.0977. The number of hydrogen-bond donors (Lipinski definition) is 2. The second-order valence-electron chi connectivity index (χ2n) is 4.84. The van der Waals surface area contributed by atoms with E-state index in [0.717, 1.165) is 11.4 Å². The number of hydrogen-bond acceptors (Lipinski definition) is 4. The van der Waals surface area contributed by atoms with Crippen molar-refractivity contribution in [1.82, 2.24) is 5.32 Å². The molecule has 2 aromatic carbocycles. The van der Waals surface area contributed by atoms with Crippen molar-refractivity contribution >= 4 is 28.9 Å². The van der Waals surface area contributed by atoms with Crippen molar-refractivity contribution in [2.24, 2.45) is 0 Å². The zero-order valence-electron chi connectivity index (χ0n) is 13.5. The first-order valence-corrected chi connectivity index (χ1v) is 8.08. The normalized spacial score (nSPS) is 10.0. The van der Waals surface area contributed by atoms with Gasteiger partial charge in [-0.1, -0.05) is 18.2 Å². The average molecular weight is 344 g/mol. The zero-order chi connectivity index (χ0) is 17.2. The molecule has 2 N–H and O–H groups in total. The number of amides is 1. The van der Waals surface area contributed by atoms with E-state index in [2.05, 4.69) is 10.6 Å². The highest BCUT2D eigenvalue weighted by Gasteiger charge is 2.07. The molecule has 5 nitrogen and oxygen atoms in total. The molecule has 0 aromatic heterocycles. The quantitative estimate of drug-likeness (QED) is 0.596. The fraction of sp³-hybridized carbons (Fsp3) is 0.222. The van der Waals surface area contributed by atoms with E-state index in [4.69, 9.17) is 21.7 Å². The molecule has 0 saturated carbocycles. The third-order valence-electron chi connectivity index (χ3n) is 3.08. The van der Waals surface area contributed by atoms with Crippen LogP contribution in [0.5, 0.6) is 5.75 Å². The molecule has 0 aliphatic heterocycles. The molecule has 0 bridgehead atoms. The highest BCUT2D eigenvalue weighted by atomic mass is 32.1. The number of thiocarbonyl (C=S) groups is 1. The highest BCUT2D eigenvalue weighted by molar-refractivity contribution is 7.80. The van der Waals surface area contributed by atoms with E-state index in [-0.39, 0.29) is 11.0 Å². The van der Waals surface area contributed by atoms with Crippen molar-refractivity contribution in [2.45, 2.75) is 6.92 Å². The Kier molecular flexibility index (Phi) is 7.20. The second-order valence-corrected chi connectivity index (χ2v) is 5.25. The van der Waals surface area contributed by atoms with Crippen LogP contribution in [0.4, 0.5) is 5.69 Å². The molecule has 0 atom stereocenters. The number of nitrogens with one attached hydrogen (secondary N) is 2. The predicted octanol–water partition coefficient (Wildman–Crippen LogP) is 3.23. The largest absolute Gasteiger partial charge is 0.491 e. The van der Waals surface area contributed by atoms with Crippen molar-refractivity contribution in [3.63, 3.8) is 0 Å². The highest BCUT2D eigenvalue weighted by Crippen LogP contribution is 2.15. The molecule has 0 saturated heterocycles. The third kappa shape index (κ3) is 5.98. The number of anilines is 1. The molecule has 1 amide bonds. The first-order valence-electron chi connectivity index (χ1n) is 7.67. The molecule has 0 fully saturated rings. The van der Waals surface area contributed by atoms with Crippen LogP contribution in [0.25, 0.3) is 0 Å². The molecule has 6 heteroatoms. The smallest absolute Gasteiger partial charge is 0.257 e. The SMILES string of the molecule is CCOCCOc1ccc(NC(=S)NC(=O)c2ccccc2)cc1. The predicted molar refractivity (Wildman–Crippen MR) is 98.6 cm³/mol. The summed E-state index contributed by atoms with van der Waals surface area (Å²) in [6.07, 6.45) is 0. The number of carbonyl (C=O) groups excluding carboxylic acids is 1. The van der Waals surface area contributed by atoms with Gasteiger partial charge in [-0.3, -0.25) is 10.1 Å². The Balaban J connectivity index is 1.80. The van der Waals surface area contributed by atoms with E-state index < -0.39 is 0 Å². The number of ether oxygens (including phenoxy) is 2. The average Bonchev–Trinajstić information content (AvgIpc) is 2.61. The minimum absolute atomic E-state index is 0.244. The van der Waals surface area contributed by atoms with Gasteiger partial charge in [-0.15, -0.1) is 0 Å². The second kappa shape index (κ2) is 9.64. The first-order chi connectivity index (χ1) is 11.7. The minimum Gasteiger partial charge on any atom is -0.491 e. The molecular weight excluding hydrogens is 324 g/mol. The molecule has 0 radical (unpaired) electrons. The van der Waals surface area contributed by atoms with Gasteiger partial charge in [-0.05, 0) is 55.5 Å². The Morgan fingerprint density at radius 2 is 1.75 bits per heavy atom. The maximum atomic E-state index is 12.0. The molecule has 0 aliphatic carbocycles. The summed E-state index contributed by atoms with van der Waals surface area (Å²) in [6.45, 7) is 3.69. The van der Waals surface area contributed by atoms with Gasteiger partial charge in [0.05, 0.1) is 6.61 Å². The fourth-order valence-electron chi connectivity index (χ4n) is 1.92. The Morgan fingerprint density at radius 3 is 2.42 bits per heavy atom. The Morgan fingerprint density at radius 1 is 1.04 bits per heavy atom. The van der Waals surface area contributed by atoms with Gasteiger partial charge in [0.15, 0.2) is 5.11 Å². The maximum Gasteiger partial charge on any atom is 0.257 e. The molecule has 2 aromatic rings. The lowest BCUT2D eigenvalue weighted by Crippen LogP contribution is -2.34. The van der Waals surface area contributed by atoms with Crippen LogP contribution >= 0.6 is 12.2 Å². The van der Waals surface area contributed by atoms with Gasteiger partial charge in [0, 0.05) is 17.9 Å². The summed E-state index contributed by atoms with van der Waals surface area (Å²) < 4.78 is 10.7. The maximum absolute atomic E-state index is 12.0. The Labute approximate surface area is 147 Å². The lowest BCUT2D eigenvalue weighted by atomic mass is 10.2. The number of rotatable bonds is 7. The Bertz CT molecular complexity index is 660. The summed E-state index contributed by atoms with van der Waals surface area (Å²) in [4.78, 5) is 12.0. The summed E-state index contributed by atoms with van der Waals surface area (Å²) in [5.41, 5.74) is 1.32. The first kappa shape index (κ1) is 17.9. The minimum atomic E-state index is -0.246. The summed E-state index contributed by atoms with van der Waals surface area (Å²) in [5.74, 6) is 0.503. The summed E-state index contributed by atoms with van der Waals surface area (Å²) >= 11 is 5.15. The summed E-state index contributed by atoms with van der Waals surface area (Å²) in [7, 11) is 0. The van der Waals surface area contributed by atoms with Gasteiger partial charge in [0.1, 0.15) is 12.4 Å². The third-order valence-corrected chi connectivity index (χ3v) is 3.28. The van der Waals surface area contributed by atoms with Crippen molar-refractivity contribution in [1.29, 1.82) is 0 Å². The van der Waals surface area contributed by atoms with E-state index >= 15 is 0 Å². The van der Waals surface area contributed by atoms with Gasteiger partial charge in [-0.25, -0.2) is 0 Å². The molecule has 0 heterocycles. The molecule has 0 spiro atoms. The van der Waals surface area contributed by atoms with Crippen molar-refractivity contribution < 1.29 is 14.3 Å². The van der Waals surface area contributed by atoms with E-state index in [1.807, 2.05) is 37.3 Å². The lowest BCUT2D eigenvalue weighted by Gasteiger charge is -2.11. The molecule has 24 heavy (non-hydrogen) atoms. The van der Waals surface area contributed by atoms with Gasteiger partial charge >= 0.3 is 0 Å². The summed E-state index contributed by atoms with van der Waals surface area (Å²) in [6, 6.07) is 16.2. The van der Waals surface area contributed by atoms with Gasteiger partial charge in [0.2, 0.25) is 0 Å². The molecule has 0 aliphatic rings. The van der Waals surface area contributed by atoms with Crippen molar-refractivity contribution in [2.75, 3.05) is 25.1 Å². The van der Waals surface area contributed by atoms with Crippen LogP contribution in [0.15, 0.2) is 54.6 Å². The van der Waals surface area contributed by atoms with Crippen molar-refractivity contribution in [3.05, 3.63) is 60.2 Å². The summed E-state index contributed by atoms with van der Waals surface area (Å²) in [5, 5.41) is 5.85. The van der Waals surface area contributed by atoms with E-state index in [0.29, 0.717) is 25.4 Å². The molecule has 0 unspecified atom stereocenters. The van der Waals surface area contributed by atoms with Gasteiger partial charge < -0.3 is 14.8 Å². The van der Waals surface area contributed by atoms with E-state index in [1.54, 1.807) is 24.3 Å². The molecule has 126 valence electrons. The topological polar surface area (TPSA) is 59.6 Å². The van der Waals surface area contributed by atoms with Crippen LogP contribution in [-0.4, -0.2) is 30.8 Å². The van der Waals surface area contributed by atoms with Crippen molar-refractivity contribution in [3.8, 4) is 5.75 Å².